The van der Waals surface area contributed by atoms with Crippen LogP contribution in [0.1, 0.15) is 12.8 Å². The number of carbonyl (C=O) groups excluding carboxylic acids is 1. The van der Waals surface area contributed by atoms with Gasteiger partial charge in [-0.3, -0.25) is 9.59 Å². The first-order valence-electron chi connectivity index (χ1n) is 7.50. The maximum Gasteiger partial charge on any atom is 0.303 e. The van der Waals surface area contributed by atoms with Crippen LogP contribution in [0.5, 0.6) is 0 Å². The summed E-state index contributed by atoms with van der Waals surface area (Å²) in [5.41, 5.74) is 0.700. The summed E-state index contributed by atoms with van der Waals surface area (Å²) < 4.78 is 23.9. The molecule has 1 amide bonds. The summed E-state index contributed by atoms with van der Waals surface area (Å²) in [7, 11) is -3.13. The smallest absolute Gasteiger partial charge is 0.303 e. The van der Waals surface area contributed by atoms with Gasteiger partial charge in [-0.2, -0.15) is 4.99 Å². The molecule has 134 valence electrons. The lowest BCUT2D eigenvalue weighted by Gasteiger charge is -2.24. The topological polar surface area (TPSA) is 104 Å². The molecule has 0 aliphatic carbocycles. The van der Waals surface area contributed by atoms with Gasteiger partial charge in [-0.15, -0.1) is 0 Å². The van der Waals surface area contributed by atoms with Crippen LogP contribution in [-0.2, 0) is 19.4 Å². The number of amidine groups is 1. The van der Waals surface area contributed by atoms with Crippen LogP contribution in [0, 0.1) is 0 Å². The number of thioether (sulfide) groups is 1. The second kappa shape index (κ2) is 6.97. The minimum atomic E-state index is -3.13. The van der Waals surface area contributed by atoms with Crippen LogP contribution in [0.15, 0.2) is 29.3 Å². The molecular weight excluding hydrogens is 388 g/mol. The van der Waals surface area contributed by atoms with E-state index in [9.17, 15) is 18.0 Å². The van der Waals surface area contributed by atoms with Gasteiger partial charge in [0.2, 0.25) is 5.91 Å². The van der Waals surface area contributed by atoms with Gasteiger partial charge in [0, 0.05) is 22.4 Å². The van der Waals surface area contributed by atoms with Gasteiger partial charge in [0.1, 0.15) is 0 Å². The second-order valence-corrected chi connectivity index (χ2v) is 9.63. The van der Waals surface area contributed by atoms with Crippen molar-refractivity contribution in [2.24, 2.45) is 4.99 Å². The van der Waals surface area contributed by atoms with Gasteiger partial charge in [0.15, 0.2) is 15.0 Å². The SMILES string of the molecule is O=C(O)CCC(=O)N=C1S[C@H]2CS(=O)(=O)C[C@@H]2N1c1ccc(Cl)cc1. The van der Waals surface area contributed by atoms with Crippen molar-refractivity contribution in [2.45, 2.75) is 24.1 Å². The lowest BCUT2D eigenvalue weighted by atomic mass is 10.2. The molecule has 2 aliphatic heterocycles. The van der Waals surface area contributed by atoms with Crippen LogP contribution in [-0.4, -0.2) is 53.4 Å². The number of carbonyl (C=O) groups is 2. The molecule has 2 saturated heterocycles. The molecule has 1 aromatic rings. The van der Waals surface area contributed by atoms with Crippen molar-refractivity contribution in [3.05, 3.63) is 29.3 Å². The van der Waals surface area contributed by atoms with Crippen LogP contribution in [0.25, 0.3) is 0 Å². The van der Waals surface area contributed by atoms with E-state index in [1.54, 1.807) is 29.2 Å². The highest BCUT2D eigenvalue weighted by atomic mass is 35.5. The number of benzene rings is 1. The van der Waals surface area contributed by atoms with E-state index < -0.39 is 21.7 Å². The Morgan fingerprint density at radius 2 is 1.92 bits per heavy atom. The molecule has 2 aliphatic rings. The minimum absolute atomic E-state index is 0.00434. The monoisotopic (exact) mass is 402 g/mol. The highest BCUT2D eigenvalue weighted by Crippen LogP contribution is 2.41. The first-order valence-corrected chi connectivity index (χ1v) is 10.6. The molecule has 10 heteroatoms. The Labute approximate surface area is 154 Å². The van der Waals surface area contributed by atoms with Crippen molar-refractivity contribution < 1.29 is 23.1 Å². The maximum absolute atomic E-state index is 12.0. The van der Waals surface area contributed by atoms with Crippen molar-refractivity contribution in [1.29, 1.82) is 0 Å². The van der Waals surface area contributed by atoms with E-state index in [1.165, 1.54) is 11.8 Å². The molecule has 2 atom stereocenters. The zero-order chi connectivity index (χ0) is 18.2. The van der Waals surface area contributed by atoms with Crippen molar-refractivity contribution in [3.8, 4) is 0 Å². The zero-order valence-electron chi connectivity index (χ0n) is 13.0. The first kappa shape index (κ1) is 18.2. The van der Waals surface area contributed by atoms with Crippen LogP contribution < -0.4 is 4.90 Å². The molecule has 3 rings (SSSR count). The van der Waals surface area contributed by atoms with Gasteiger partial charge in [0.05, 0.1) is 24.0 Å². The Bertz CT molecular complexity index is 838. The molecule has 0 saturated carbocycles. The normalized spacial score (nSPS) is 26.0. The van der Waals surface area contributed by atoms with E-state index in [0.717, 1.165) is 0 Å². The summed E-state index contributed by atoms with van der Waals surface area (Å²) in [6, 6.07) is 6.55. The average Bonchev–Trinajstić information content (AvgIpc) is 2.97. The van der Waals surface area contributed by atoms with E-state index in [2.05, 4.69) is 4.99 Å². The summed E-state index contributed by atoms with van der Waals surface area (Å²) in [5.74, 6) is -1.57. The van der Waals surface area contributed by atoms with Crippen molar-refractivity contribution in [2.75, 3.05) is 16.4 Å². The number of aliphatic carboxylic acids is 1. The number of carboxylic acids is 1. The Kier molecular flexibility index (Phi) is 5.08. The summed E-state index contributed by atoms with van der Waals surface area (Å²) >= 11 is 7.16. The van der Waals surface area contributed by atoms with E-state index >= 15 is 0 Å². The van der Waals surface area contributed by atoms with Crippen LogP contribution in [0.3, 0.4) is 0 Å². The molecule has 1 N–H and O–H groups in total. The molecule has 2 fully saturated rings. The lowest BCUT2D eigenvalue weighted by Crippen LogP contribution is -2.37. The second-order valence-electron chi connectivity index (χ2n) is 5.83. The minimum Gasteiger partial charge on any atom is -0.481 e. The zero-order valence-corrected chi connectivity index (χ0v) is 15.4. The largest absolute Gasteiger partial charge is 0.481 e. The van der Waals surface area contributed by atoms with Gasteiger partial charge in [-0.1, -0.05) is 23.4 Å². The Balaban J connectivity index is 1.90. The van der Waals surface area contributed by atoms with Crippen molar-refractivity contribution >= 4 is 55.9 Å². The van der Waals surface area contributed by atoms with Crippen molar-refractivity contribution in [3.63, 3.8) is 0 Å². The van der Waals surface area contributed by atoms with Crippen LogP contribution in [0.2, 0.25) is 5.02 Å². The summed E-state index contributed by atoms with van der Waals surface area (Å²) in [4.78, 5) is 28.3. The van der Waals surface area contributed by atoms with Crippen LogP contribution in [0.4, 0.5) is 5.69 Å². The quantitative estimate of drug-likeness (QED) is 0.818. The molecule has 0 aromatic heterocycles. The first-order chi connectivity index (χ1) is 11.7. The van der Waals surface area contributed by atoms with Gasteiger partial charge >= 0.3 is 5.97 Å². The standard InChI is InChI=1S/C15H15ClN2O5S2/c16-9-1-3-10(4-2-9)18-11-7-25(22,23)8-12(11)24-15(18)17-13(19)5-6-14(20)21/h1-4,11-12H,5-8H2,(H,20,21)/t11-,12-/m0/s1. The van der Waals surface area contributed by atoms with E-state index in [1.807, 2.05) is 0 Å². The summed E-state index contributed by atoms with van der Waals surface area (Å²) in [5, 5.41) is 9.42. The van der Waals surface area contributed by atoms with Gasteiger partial charge < -0.3 is 10.0 Å². The predicted octanol–water partition coefficient (Wildman–Crippen LogP) is 1.81. The van der Waals surface area contributed by atoms with Crippen molar-refractivity contribution in [1.82, 2.24) is 0 Å². The summed E-state index contributed by atoms with van der Waals surface area (Å²) in [6.45, 7) is 0. The van der Waals surface area contributed by atoms with E-state index in [4.69, 9.17) is 16.7 Å². The molecular formula is C15H15ClN2O5S2. The Morgan fingerprint density at radius 1 is 1.24 bits per heavy atom. The Morgan fingerprint density at radius 3 is 2.56 bits per heavy atom. The third-order valence-electron chi connectivity index (χ3n) is 3.94. The highest BCUT2D eigenvalue weighted by Gasteiger charge is 2.49. The number of anilines is 1. The third-order valence-corrected chi connectivity index (χ3v) is 7.41. The van der Waals surface area contributed by atoms with Crippen LogP contribution >= 0.6 is 23.4 Å². The number of hydrogen-bond donors (Lipinski definition) is 1. The fourth-order valence-electron chi connectivity index (χ4n) is 2.84. The number of sulfone groups is 1. The average molecular weight is 403 g/mol. The number of fused-ring (bicyclic) bond motifs is 1. The number of rotatable bonds is 4. The molecule has 25 heavy (non-hydrogen) atoms. The molecule has 7 nitrogen and oxygen atoms in total. The van der Waals surface area contributed by atoms with Gasteiger partial charge in [0.25, 0.3) is 0 Å². The number of hydrogen-bond acceptors (Lipinski definition) is 5. The van der Waals surface area contributed by atoms with E-state index in [0.29, 0.717) is 15.9 Å². The third kappa shape index (κ3) is 4.16. The van der Waals surface area contributed by atoms with Gasteiger partial charge in [-0.25, -0.2) is 8.42 Å². The number of nitrogens with zero attached hydrogens (tertiary/aromatic N) is 2. The van der Waals surface area contributed by atoms with E-state index in [-0.39, 0.29) is 35.6 Å². The number of aliphatic imine (C=N–C) groups is 1. The number of carboxylic acid groups (broad SMARTS) is 1. The predicted molar refractivity (Wildman–Crippen MR) is 97.1 cm³/mol. The maximum atomic E-state index is 12.0. The fourth-order valence-corrected chi connectivity index (χ4v) is 6.90. The lowest BCUT2D eigenvalue weighted by molar-refractivity contribution is -0.138. The molecule has 0 unspecified atom stereocenters. The molecule has 0 radical (unpaired) electrons. The Hall–Kier alpha value is -1.58. The molecule has 1 aromatic carbocycles. The highest BCUT2D eigenvalue weighted by molar-refractivity contribution is 8.16. The summed E-state index contributed by atoms with van der Waals surface area (Å²) in [6.07, 6.45) is -0.482. The number of halogens is 1. The molecule has 0 bridgehead atoms. The molecule has 0 spiro atoms. The fraction of sp³-hybridized carbons (Fsp3) is 0.400. The molecule has 2 heterocycles. The number of amides is 1. The van der Waals surface area contributed by atoms with Gasteiger partial charge in [-0.05, 0) is 24.3 Å².